The largest absolute Gasteiger partial charge is 0.381 e. The first-order valence-corrected chi connectivity index (χ1v) is 5.70. The monoisotopic (exact) mass is 237 g/mol. The Bertz CT molecular complexity index is 348. The van der Waals surface area contributed by atoms with E-state index in [9.17, 15) is 0 Å². The molecule has 0 aromatic heterocycles. The molecule has 1 aromatic rings. The van der Waals surface area contributed by atoms with Crippen LogP contribution >= 0.6 is 15.9 Å². The summed E-state index contributed by atoms with van der Waals surface area (Å²) in [5.41, 5.74) is 2.87. The minimum absolute atomic E-state index is 0.716. The zero-order valence-corrected chi connectivity index (χ0v) is 8.97. The highest BCUT2D eigenvalue weighted by Crippen LogP contribution is 2.47. The summed E-state index contributed by atoms with van der Waals surface area (Å²) in [7, 11) is 0. The van der Waals surface area contributed by atoms with Crippen molar-refractivity contribution in [3.05, 3.63) is 28.2 Å². The fraction of sp³-hybridized carbons (Fsp3) is 0.455. The predicted octanol–water partition coefficient (Wildman–Crippen LogP) is 3.51. The van der Waals surface area contributed by atoms with Gasteiger partial charge in [0.25, 0.3) is 0 Å². The number of hydrogen-bond acceptors (Lipinski definition) is 1. The van der Waals surface area contributed by atoms with E-state index < -0.39 is 0 Å². The van der Waals surface area contributed by atoms with Gasteiger partial charge in [-0.1, -0.05) is 28.4 Å². The molecule has 2 aliphatic rings. The van der Waals surface area contributed by atoms with Crippen molar-refractivity contribution < 1.29 is 0 Å². The maximum Gasteiger partial charge on any atom is 0.0390 e. The molecule has 1 aliphatic heterocycles. The summed E-state index contributed by atoms with van der Waals surface area (Å²) < 4.78 is 1.28. The molecule has 3 rings (SSSR count). The molecule has 1 heterocycles. The van der Waals surface area contributed by atoms with E-state index in [1.54, 1.807) is 0 Å². The molecule has 2 heteroatoms. The lowest BCUT2D eigenvalue weighted by molar-refractivity contribution is 0.687. The molecular formula is C11H12BrN. The maximum absolute atomic E-state index is 3.64. The van der Waals surface area contributed by atoms with Crippen molar-refractivity contribution in [3.63, 3.8) is 0 Å². The number of rotatable bonds is 0. The van der Waals surface area contributed by atoms with E-state index in [2.05, 4.69) is 39.4 Å². The third-order valence-electron chi connectivity index (χ3n) is 3.28. The van der Waals surface area contributed by atoms with Crippen LogP contribution in [0.3, 0.4) is 0 Å². The lowest BCUT2D eigenvalue weighted by Gasteiger charge is -2.09. The minimum atomic E-state index is 0.716. The lowest BCUT2D eigenvalue weighted by atomic mass is 9.98. The summed E-state index contributed by atoms with van der Waals surface area (Å²) in [5, 5.41) is 3.61. The van der Waals surface area contributed by atoms with Gasteiger partial charge in [0.2, 0.25) is 0 Å². The Kier molecular flexibility index (Phi) is 1.66. The SMILES string of the molecule is Brc1cccc2c1C1CCCC1N2. The second-order valence-corrected chi connectivity index (χ2v) is 4.84. The van der Waals surface area contributed by atoms with Gasteiger partial charge in [0.05, 0.1) is 0 Å². The normalized spacial score (nSPS) is 29.6. The predicted molar refractivity (Wildman–Crippen MR) is 58.1 cm³/mol. The van der Waals surface area contributed by atoms with Crippen LogP contribution in [0.2, 0.25) is 0 Å². The third kappa shape index (κ3) is 1.05. The average molecular weight is 238 g/mol. The van der Waals surface area contributed by atoms with Crippen LogP contribution in [0.1, 0.15) is 30.7 Å². The molecule has 1 nitrogen and oxygen atoms in total. The zero-order chi connectivity index (χ0) is 8.84. The fourth-order valence-electron chi connectivity index (χ4n) is 2.72. The lowest BCUT2D eigenvalue weighted by Crippen LogP contribution is -2.13. The molecule has 1 aromatic carbocycles. The van der Waals surface area contributed by atoms with E-state index in [0.29, 0.717) is 6.04 Å². The van der Waals surface area contributed by atoms with Crippen LogP contribution in [0, 0.1) is 0 Å². The highest BCUT2D eigenvalue weighted by atomic mass is 79.9. The van der Waals surface area contributed by atoms with Gasteiger partial charge in [-0.25, -0.2) is 0 Å². The van der Waals surface area contributed by atoms with Gasteiger partial charge in [0.1, 0.15) is 0 Å². The van der Waals surface area contributed by atoms with Gasteiger partial charge in [-0.2, -0.15) is 0 Å². The summed E-state index contributed by atoms with van der Waals surface area (Å²) in [5.74, 6) is 0.769. The molecule has 0 radical (unpaired) electrons. The first-order chi connectivity index (χ1) is 6.36. The van der Waals surface area contributed by atoms with Gasteiger partial charge in [0.15, 0.2) is 0 Å². The Morgan fingerprint density at radius 1 is 1.31 bits per heavy atom. The van der Waals surface area contributed by atoms with Crippen LogP contribution in [0.5, 0.6) is 0 Å². The van der Waals surface area contributed by atoms with Gasteiger partial charge >= 0.3 is 0 Å². The van der Waals surface area contributed by atoms with Crippen molar-refractivity contribution in [3.8, 4) is 0 Å². The van der Waals surface area contributed by atoms with Crippen molar-refractivity contribution in [1.82, 2.24) is 0 Å². The van der Waals surface area contributed by atoms with Gasteiger partial charge in [-0.3, -0.25) is 0 Å². The highest BCUT2D eigenvalue weighted by molar-refractivity contribution is 9.10. The summed E-state index contributed by atoms with van der Waals surface area (Å²) in [4.78, 5) is 0. The third-order valence-corrected chi connectivity index (χ3v) is 3.97. The summed E-state index contributed by atoms with van der Waals surface area (Å²) in [6.07, 6.45) is 4.07. The molecule has 0 spiro atoms. The molecule has 0 amide bonds. The molecule has 1 fully saturated rings. The van der Waals surface area contributed by atoms with Crippen molar-refractivity contribution >= 4 is 21.6 Å². The van der Waals surface area contributed by atoms with Crippen LogP contribution in [-0.2, 0) is 0 Å². The van der Waals surface area contributed by atoms with Crippen LogP contribution in [0.4, 0.5) is 5.69 Å². The molecule has 0 bridgehead atoms. The van der Waals surface area contributed by atoms with E-state index in [4.69, 9.17) is 0 Å². The topological polar surface area (TPSA) is 12.0 Å². The number of anilines is 1. The maximum atomic E-state index is 3.64. The molecule has 1 N–H and O–H groups in total. The zero-order valence-electron chi connectivity index (χ0n) is 7.39. The molecule has 1 saturated carbocycles. The van der Waals surface area contributed by atoms with Crippen LogP contribution in [-0.4, -0.2) is 6.04 Å². The Hall–Kier alpha value is -0.500. The highest BCUT2D eigenvalue weighted by Gasteiger charge is 2.36. The number of halogens is 1. The summed E-state index contributed by atoms with van der Waals surface area (Å²) >= 11 is 3.64. The van der Waals surface area contributed by atoms with Crippen molar-refractivity contribution in [2.45, 2.75) is 31.2 Å². The van der Waals surface area contributed by atoms with E-state index in [0.717, 1.165) is 5.92 Å². The fourth-order valence-corrected chi connectivity index (χ4v) is 3.38. The standard InChI is InChI=1S/C11H12BrN/c12-8-4-2-6-10-11(8)7-3-1-5-9(7)13-10/h2,4,6-7,9,13H,1,3,5H2. The average Bonchev–Trinajstić information content (AvgIpc) is 2.62. The van der Waals surface area contributed by atoms with Crippen molar-refractivity contribution in [2.75, 3.05) is 5.32 Å². The smallest absolute Gasteiger partial charge is 0.0390 e. The van der Waals surface area contributed by atoms with E-state index >= 15 is 0 Å². The Balaban J connectivity index is 2.14. The van der Waals surface area contributed by atoms with Crippen molar-refractivity contribution in [1.29, 1.82) is 0 Å². The van der Waals surface area contributed by atoms with Crippen molar-refractivity contribution in [2.24, 2.45) is 0 Å². The van der Waals surface area contributed by atoms with E-state index in [-0.39, 0.29) is 0 Å². The van der Waals surface area contributed by atoms with Gasteiger partial charge in [-0.15, -0.1) is 0 Å². The second kappa shape index (κ2) is 2.74. The number of nitrogens with one attached hydrogen (secondary N) is 1. The first kappa shape index (κ1) is 7.86. The molecule has 0 saturated heterocycles. The summed E-state index contributed by atoms with van der Waals surface area (Å²) in [6.45, 7) is 0. The number of benzene rings is 1. The van der Waals surface area contributed by atoms with Crippen LogP contribution in [0.15, 0.2) is 22.7 Å². The van der Waals surface area contributed by atoms with Crippen LogP contribution < -0.4 is 5.32 Å². The Morgan fingerprint density at radius 3 is 3.15 bits per heavy atom. The van der Waals surface area contributed by atoms with Crippen LogP contribution in [0.25, 0.3) is 0 Å². The summed E-state index contributed by atoms with van der Waals surface area (Å²) in [6, 6.07) is 7.17. The van der Waals surface area contributed by atoms with E-state index in [1.165, 1.54) is 35.0 Å². The molecule has 1 aliphatic carbocycles. The van der Waals surface area contributed by atoms with Gasteiger partial charge in [0, 0.05) is 22.1 Å². The Morgan fingerprint density at radius 2 is 2.23 bits per heavy atom. The molecule has 2 atom stereocenters. The minimum Gasteiger partial charge on any atom is -0.381 e. The van der Waals surface area contributed by atoms with Gasteiger partial charge in [-0.05, 0) is 30.5 Å². The molecule has 68 valence electrons. The molecular weight excluding hydrogens is 226 g/mol. The number of hydrogen-bond donors (Lipinski definition) is 1. The first-order valence-electron chi connectivity index (χ1n) is 4.91. The quantitative estimate of drug-likeness (QED) is 0.729. The van der Waals surface area contributed by atoms with E-state index in [1.807, 2.05) is 0 Å². The molecule has 2 unspecified atom stereocenters. The number of fused-ring (bicyclic) bond motifs is 3. The molecule has 13 heavy (non-hydrogen) atoms. The van der Waals surface area contributed by atoms with Gasteiger partial charge < -0.3 is 5.32 Å². The Labute approximate surface area is 86.7 Å². The second-order valence-electron chi connectivity index (χ2n) is 3.99.